The lowest BCUT2D eigenvalue weighted by Gasteiger charge is -2.26. The van der Waals surface area contributed by atoms with E-state index in [1.165, 1.54) is 16.7 Å². The van der Waals surface area contributed by atoms with E-state index < -0.39 is 23.9 Å². The molecule has 0 unspecified atom stereocenters. The largest absolute Gasteiger partial charge is 0.473 e. The zero-order valence-corrected chi connectivity index (χ0v) is 21.3. The van der Waals surface area contributed by atoms with E-state index in [9.17, 15) is 0 Å². The van der Waals surface area contributed by atoms with E-state index in [-0.39, 0.29) is 0 Å². The number of nitrogens with zero attached hydrogens (tertiary/aromatic N) is 3. The number of aryl methyl sites for hydroxylation is 1. The molecule has 38 heavy (non-hydrogen) atoms. The van der Waals surface area contributed by atoms with Gasteiger partial charge in [0.05, 0.1) is 18.6 Å². The minimum absolute atomic E-state index is 0.856. The Balaban J connectivity index is 0.000000355. The number of ether oxygens (including phenoxy) is 1. The van der Waals surface area contributed by atoms with Gasteiger partial charge in [0.2, 0.25) is 0 Å². The Hall–Kier alpha value is -4.14. The summed E-state index contributed by atoms with van der Waals surface area (Å²) in [5.41, 5.74) is 3.69. The number of aromatic nitrogens is 2. The van der Waals surface area contributed by atoms with Crippen molar-refractivity contribution < 1.29 is 44.3 Å². The zero-order chi connectivity index (χ0) is 28.1. The normalized spacial score (nSPS) is 12.9. The Morgan fingerprint density at radius 1 is 0.947 bits per heavy atom. The summed E-state index contributed by atoms with van der Waals surface area (Å²) in [6.07, 6.45) is 2.75. The van der Waals surface area contributed by atoms with Gasteiger partial charge in [-0.15, -0.1) is 11.3 Å². The average Bonchev–Trinajstić information content (AvgIpc) is 3.33. The van der Waals surface area contributed by atoms with Gasteiger partial charge in [0.25, 0.3) is 0 Å². The van der Waals surface area contributed by atoms with Crippen molar-refractivity contribution >= 4 is 51.2 Å². The second-order valence-electron chi connectivity index (χ2n) is 7.87. The lowest BCUT2D eigenvalue weighted by molar-refractivity contribution is -0.159. The first kappa shape index (κ1) is 30.1. The highest BCUT2D eigenvalue weighted by atomic mass is 32.1. The van der Waals surface area contributed by atoms with Crippen LogP contribution in [0.25, 0.3) is 21.3 Å². The summed E-state index contributed by atoms with van der Waals surface area (Å²) in [5, 5.41) is 36.4. The lowest BCUT2D eigenvalue weighted by atomic mass is 10.0. The van der Waals surface area contributed by atoms with Crippen LogP contribution in [0.4, 0.5) is 5.82 Å². The van der Waals surface area contributed by atoms with Crippen molar-refractivity contribution in [3.05, 3.63) is 41.5 Å². The molecule has 1 aromatic carbocycles. The van der Waals surface area contributed by atoms with Gasteiger partial charge in [-0.2, -0.15) is 0 Å². The van der Waals surface area contributed by atoms with Crippen LogP contribution >= 0.6 is 11.3 Å². The van der Waals surface area contributed by atoms with Crippen molar-refractivity contribution in [3.8, 4) is 11.1 Å². The molecular formula is C24H28N4O9S. The van der Waals surface area contributed by atoms with Gasteiger partial charge in [0.1, 0.15) is 17.0 Å². The van der Waals surface area contributed by atoms with Crippen molar-refractivity contribution in [2.45, 2.75) is 13.3 Å². The summed E-state index contributed by atoms with van der Waals surface area (Å²) in [7, 11) is 0. The van der Waals surface area contributed by atoms with Crippen molar-refractivity contribution in [1.82, 2.24) is 14.9 Å². The van der Waals surface area contributed by atoms with Gasteiger partial charge in [0, 0.05) is 30.6 Å². The quantitative estimate of drug-likeness (QED) is 0.222. The van der Waals surface area contributed by atoms with Crippen LogP contribution in [0.1, 0.15) is 12.0 Å². The Kier molecular flexibility index (Phi) is 12.0. The van der Waals surface area contributed by atoms with Gasteiger partial charge in [-0.05, 0) is 25.5 Å². The Bertz CT molecular complexity index is 1190. The Labute approximate surface area is 221 Å². The maximum atomic E-state index is 9.10. The number of carboxylic acid groups (broad SMARTS) is 4. The minimum atomic E-state index is -1.82. The first-order chi connectivity index (χ1) is 18.1. The molecule has 3 aromatic rings. The van der Waals surface area contributed by atoms with Gasteiger partial charge in [0.15, 0.2) is 0 Å². The topological polar surface area (TPSA) is 199 Å². The second-order valence-corrected chi connectivity index (χ2v) is 8.73. The molecule has 1 aliphatic rings. The maximum Gasteiger partial charge on any atom is 0.414 e. The molecule has 0 radical (unpaired) electrons. The monoisotopic (exact) mass is 548 g/mol. The van der Waals surface area contributed by atoms with Crippen molar-refractivity contribution in [2.75, 3.05) is 44.7 Å². The predicted molar refractivity (Wildman–Crippen MR) is 138 cm³/mol. The predicted octanol–water partition coefficient (Wildman–Crippen LogP) is 2.11. The molecule has 1 fully saturated rings. The number of rotatable bonds is 6. The molecule has 0 saturated carbocycles. The highest BCUT2D eigenvalue weighted by Crippen LogP contribution is 2.36. The standard InChI is InChI=1S/C20H24N4OS.2C2H2O4/c1-15-3-5-16(6-4-15)17-13-26-20-18(17)19(22-14-23-20)21-7-2-8-24-9-11-25-12-10-24;2*3-1(4)2(5)6/h3-6,13-14H,2,7-12H2,1H3,(H,21,22,23);2*(H,3,4)(H,5,6). The molecule has 1 aliphatic heterocycles. The smallest absolute Gasteiger partial charge is 0.414 e. The molecule has 13 nitrogen and oxygen atoms in total. The number of hydrogen-bond acceptors (Lipinski definition) is 10. The van der Waals surface area contributed by atoms with E-state index in [2.05, 4.69) is 56.8 Å². The van der Waals surface area contributed by atoms with Crippen LogP contribution in [-0.2, 0) is 23.9 Å². The summed E-state index contributed by atoms with van der Waals surface area (Å²) < 4.78 is 5.40. The van der Waals surface area contributed by atoms with Crippen molar-refractivity contribution in [3.63, 3.8) is 0 Å². The van der Waals surface area contributed by atoms with E-state index in [1.54, 1.807) is 17.7 Å². The first-order valence-corrected chi connectivity index (χ1v) is 12.2. The van der Waals surface area contributed by atoms with Gasteiger partial charge in [-0.3, -0.25) is 4.90 Å². The average molecular weight is 549 g/mol. The number of carboxylic acids is 4. The van der Waals surface area contributed by atoms with Gasteiger partial charge < -0.3 is 30.5 Å². The number of carbonyl (C=O) groups is 4. The number of benzene rings is 1. The number of morpholine rings is 1. The first-order valence-electron chi connectivity index (χ1n) is 11.4. The van der Waals surface area contributed by atoms with Crippen LogP contribution in [0.5, 0.6) is 0 Å². The van der Waals surface area contributed by atoms with Gasteiger partial charge in [-0.1, -0.05) is 29.8 Å². The lowest BCUT2D eigenvalue weighted by Crippen LogP contribution is -2.37. The number of aliphatic carboxylic acids is 4. The summed E-state index contributed by atoms with van der Waals surface area (Å²) in [5.74, 6) is -6.36. The van der Waals surface area contributed by atoms with E-state index in [0.717, 1.165) is 61.8 Å². The SMILES string of the molecule is Cc1ccc(-c2csc3ncnc(NCCCN4CCOCC4)c23)cc1.O=C(O)C(=O)O.O=C(O)C(=O)O. The summed E-state index contributed by atoms with van der Waals surface area (Å²) in [4.78, 5) is 48.9. The number of thiophene rings is 1. The molecule has 14 heteroatoms. The molecular weight excluding hydrogens is 520 g/mol. The summed E-state index contributed by atoms with van der Waals surface area (Å²) >= 11 is 1.68. The highest BCUT2D eigenvalue weighted by Gasteiger charge is 2.14. The molecule has 4 rings (SSSR count). The molecule has 0 aliphatic carbocycles. The zero-order valence-electron chi connectivity index (χ0n) is 20.5. The molecule has 0 bridgehead atoms. The van der Waals surface area contributed by atoms with Crippen LogP contribution in [0, 0.1) is 6.92 Å². The molecule has 0 spiro atoms. The molecule has 204 valence electrons. The maximum absolute atomic E-state index is 9.10. The second kappa shape index (κ2) is 15.2. The molecule has 3 heterocycles. The van der Waals surface area contributed by atoms with Crippen LogP contribution < -0.4 is 5.32 Å². The van der Waals surface area contributed by atoms with Crippen LogP contribution in [0.2, 0.25) is 0 Å². The summed E-state index contributed by atoms with van der Waals surface area (Å²) in [6, 6.07) is 8.65. The third kappa shape index (κ3) is 9.72. The Morgan fingerprint density at radius 2 is 1.53 bits per heavy atom. The fourth-order valence-corrected chi connectivity index (χ4v) is 4.20. The minimum Gasteiger partial charge on any atom is -0.473 e. The number of nitrogens with one attached hydrogen (secondary N) is 1. The molecule has 0 atom stereocenters. The molecule has 2 aromatic heterocycles. The van der Waals surface area contributed by atoms with Gasteiger partial charge in [-0.25, -0.2) is 29.1 Å². The number of anilines is 1. The van der Waals surface area contributed by atoms with Crippen molar-refractivity contribution in [1.29, 1.82) is 0 Å². The highest BCUT2D eigenvalue weighted by molar-refractivity contribution is 7.17. The van der Waals surface area contributed by atoms with Crippen LogP contribution in [-0.4, -0.2) is 98.6 Å². The van der Waals surface area contributed by atoms with E-state index in [0.29, 0.717) is 0 Å². The molecule has 0 amide bonds. The molecule has 1 saturated heterocycles. The fraction of sp³-hybridized carbons (Fsp3) is 0.333. The summed E-state index contributed by atoms with van der Waals surface area (Å²) in [6.45, 7) is 7.91. The van der Waals surface area contributed by atoms with E-state index in [4.69, 9.17) is 44.3 Å². The molecule has 5 N–H and O–H groups in total. The third-order valence-corrected chi connectivity index (χ3v) is 6.03. The number of hydrogen-bond donors (Lipinski definition) is 5. The van der Waals surface area contributed by atoms with Gasteiger partial charge >= 0.3 is 23.9 Å². The van der Waals surface area contributed by atoms with Crippen LogP contribution in [0.3, 0.4) is 0 Å². The fourth-order valence-electron chi connectivity index (χ4n) is 3.29. The number of fused-ring (bicyclic) bond motifs is 1. The third-order valence-electron chi connectivity index (χ3n) is 5.15. The van der Waals surface area contributed by atoms with Crippen LogP contribution in [0.15, 0.2) is 36.0 Å². The van der Waals surface area contributed by atoms with Crippen molar-refractivity contribution in [2.24, 2.45) is 0 Å². The van der Waals surface area contributed by atoms with E-state index >= 15 is 0 Å². The Morgan fingerprint density at radius 3 is 2.08 bits per heavy atom. The van der Waals surface area contributed by atoms with E-state index in [1.807, 2.05) is 0 Å².